The van der Waals surface area contributed by atoms with Gasteiger partial charge in [-0.2, -0.15) is 13.2 Å². The minimum atomic E-state index is -4.51. The highest BCUT2D eigenvalue weighted by Crippen LogP contribution is 2.44. The molecule has 14 atom stereocenters. The van der Waals surface area contributed by atoms with Crippen molar-refractivity contribution < 1.29 is 70.7 Å². The van der Waals surface area contributed by atoms with E-state index in [4.69, 9.17) is 11.6 Å². The van der Waals surface area contributed by atoms with Crippen molar-refractivity contribution in [2.75, 3.05) is 76.0 Å². The highest BCUT2D eigenvalue weighted by atomic mass is 35.5. The normalized spacial score (nSPS) is 31.3. The first kappa shape index (κ1) is 78.7. The first-order chi connectivity index (χ1) is 45.0. The average Bonchev–Trinajstić information content (AvgIpc) is 0.801. The Hall–Kier alpha value is -6.28. The lowest BCUT2D eigenvalue weighted by Gasteiger charge is -2.45. The fraction of sp³-hybridized carbons (Fsp3) is 0.824. The lowest BCUT2D eigenvalue weighted by molar-refractivity contribution is -0.182. The zero-order valence-corrected chi connectivity index (χ0v) is 60.0. The molecule has 0 aromatic rings. The highest BCUT2D eigenvalue weighted by molar-refractivity contribution is 6.21. The molecule has 6 fully saturated rings. The predicted octanol–water partition coefficient (Wildman–Crippen LogP) is 4.78. The number of nitrogens with zero attached hydrogens (tertiary/aromatic N) is 9. The van der Waals surface area contributed by atoms with E-state index in [1.165, 1.54) is 109 Å². The summed E-state index contributed by atoms with van der Waals surface area (Å²) in [5.74, 6) is -10.8. The number of likely N-dealkylation sites (N-methyl/N-ethyl adjacent to an activating group) is 7. The van der Waals surface area contributed by atoms with Crippen molar-refractivity contribution in [3.8, 4) is 0 Å². The molecule has 3 unspecified atom stereocenters. The summed E-state index contributed by atoms with van der Waals surface area (Å²) in [6.45, 7) is 9.91. The van der Waals surface area contributed by atoms with Crippen LogP contribution in [0, 0.1) is 35.5 Å². The van der Waals surface area contributed by atoms with Gasteiger partial charge in [-0.1, -0.05) is 79.1 Å². The molecular weight excluding hydrogens is 1270 g/mol. The third kappa shape index (κ3) is 19.1. The molecule has 0 aromatic heterocycles. The Morgan fingerprint density at radius 3 is 1.80 bits per heavy atom. The van der Waals surface area contributed by atoms with Crippen molar-refractivity contribution in [3.05, 3.63) is 0 Å². The van der Waals surface area contributed by atoms with Crippen LogP contribution in [0.5, 0.6) is 0 Å². The topological polar surface area (TPSA) is 270 Å². The third-order valence-electron chi connectivity index (χ3n) is 21.8. The molecule has 3 heterocycles. The van der Waals surface area contributed by atoms with Crippen LogP contribution in [0.15, 0.2) is 0 Å². The summed E-state index contributed by atoms with van der Waals surface area (Å²) < 4.78 is 41.8. The fourth-order valence-electron chi connectivity index (χ4n) is 15.2. The maximum atomic E-state index is 15.2. The predicted molar refractivity (Wildman–Crippen MR) is 354 cm³/mol. The Morgan fingerprint density at radius 2 is 1.23 bits per heavy atom. The Kier molecular flexibility index (Phi) is 28.3. The average molecular weight is 1380 g/mol. The number of fused-ring (bicyclic) bond motifs is 2. The van der Waals surface area contributed by atoms with Crippen molar-refractivity contribution in [2.45, 2.75) is 248 Å². The van der Waals surface area contributed by atoms with Gasteiger partial charge in [0.1, 0.15) is 60.4 Å². The van der Waals surface area contributed by atoms with E-state index < -0.39 is 174 Å². The molecule has 0 radical (unpaired) electrons. The van der Waals surface area contributed by atoms with Crippen LogP contribution in [0.2, 0.25) is 0 Å². The Bertz CT molecular complexity index is 2800. The van der Waals surface area contributed by atoms with Crippen molar-refractivity contribution in [3.63, 3.8) is 0 Å². The van der Waals surface area contributed by atoms with Gasteiger partial charge in [-0.15, -0.1) is 11.6 Å². The van der Waals surface area contributed by atoms with Gasteiger partial charge in [0.15, 0.2) is 0 Å². The largest absolute Gasteiger partial charge is 0.393 e. The summed E-state index contributed by atoms with van der Waals surface area (Å²) in [6, 6.07) is -12.1. The summed E-state index contributed by atoms with van der Waals surface area (Å²) in [5.41, 5.74) is 0. The van der Waals surface area contributed by atoms with E-state index in [0.717, 1.165) is 49.8 Å². The summed E-state index contributed by atoms with van der Waals surface area (Å²) in [7, 11) is 11.5. The van der Waals surface area contributed by atoms with Crippen molar-refractivity contribution in [1.82, 2.24) is 60.0 Å². The Balaban J connectivity index is 1.39. The van der Waals surface area contributed by atoms with Crippen LogP contribution < -0.4 is 16.0 Å². The first-order valence-electron chi connectivity index (χ1n) is 35.0. The van der Waals surface area contributed by atoms with Crippen molar-refractivity contribution in [1.29, 1.82) is 0 Å². The van der Waals surface area contributed by atoms with Crippen molar-refractivity contribution in [2.24, 2.45) is 35.5 Å². The molecule has 3 saturated heterocycles. The summed E-state index contributed by atoms with van der Waals surface area (Å²) >= 11 is 6.37. The van der Waals surface area contributed by atoms with Gasteiger partial charge in [0.25, 0.3) is 0 Å². The quantitative estimate of drug-likeness (QED) is 0.236. The lowest BCUT2D eigenvalue weighted by atomic mass is 9.78. The second kappa shape index (κ2) is 34.5. The molecule has 96 heavy (non-hydrogen) atoms. The molecule has 3 aliphatic heterocycles. The van der Waals surface area contributed by atoms with Gasteiger partial charge in [-0.3, -0.25) is 57.5 Å². The van der Waals surface area contributed by atoms with Gasteiger partial charge in [0.05, 0.1) is 18.9 Å². The van der Waals surface area contributed by atoms with E-state index in [9.17, 15) is 61.1 Å². The number of carbonyl (C=O) groups excluding carboxylic acids is 12. The third-order valence-corrected chi connectivity index (χ3v) is 22.3. The minimum Gasteiger partial charge on any atom is -0.347 e. The van der Waals surface area contributed by atoms with E-state index in [0.29, 0.717) is 25.7 Å². The molecule has 3 N–H and O–H groups in total. The number of hydrogen-bond donors (Lipinski definition) is 3. The maximum absolute atomic E-state index is 15.2. The van der Waals surface area contributed by atoms with Crippen LogP contribution in [-0.4, -0.2) is 263 Å². The van der Waals surface area contributed by atoms with Gasteiger partial charge in [0, 0.05) is 74.8 Å². The van der Waals surface area contributed by atoms with Crippen molar-refractivity contribution >= 4 is 82.5 Å². The van der Waals surface area contributed by atoms with Gasteiger partial charge in [0.2, 0.25) is 70.9 Å². The molecule has 0 spiro atoms. The van der Waals surface area contributed by atoms with E-state index in [1.54, 1.807) is 6.92 Å². The zero-order valence-electron chi connectivity index (χ0n) is 59.2. The van der Waals surface area contributed by atoms with Crippen LogP contribution in [0.3, 0.4) is 0 Å². The molecule has 542 valence electrons. The van der Waals surface area contributed by atoms with Gasteiger partial charge >= 0.3 is 6.18 Å². The first-order valence-corrected chi connectivity index (χ1v) is 35.5. The fourth-order valence-corrected chi connectivity index (χ4v) is 15.7. The molecule has 3 saturated carbocycles. The van der Waals surface area contributed by atoms with Gasteiger partial charge < -0.3 is 60.0 Å². The van der Waals surface area contributed by atoms with E-state index in [2.05, 4.69) is 16.0 Å². The number of alkyl halides is 4. The number of amides is 12. The SMILES string of the molecule is CC[C@H](C)[C@@H]1NC(=O)[C@H](CC(C)C)N(C)C(=O)C[C@@H](C(=O)N(C)C)N(C)C(=O)[C@H](C2CCCC2)N(C)C(=O)[C@H](C)NC(=O)[C@@H]2CCCN2C(=O)[C@H](CCC2CCC(C(F)(F)F)C(Cl)C2)NC(=O)CN(C)C(=O)[C@H](CC2CCCCC2)N(C)C(=O)[C@@H]2CCN2C(=O)[C@H](C)N(C)C1=O. The summed E-state index contributed by atoms with van der Waals surface area (Å²) in [5, 5.41) is 7.26. The Morgan fingerprint density at radius 1 is 0.604 bits per heavy atom. The second-order valence-corrected chi connectivity index (χ2v) is 29.7. The standard InChI is InChI=1S/C68H110ClF3N12O12/c1-15-40(4)56-66(95)78(10)42(6)61(90)84-33-31-50(84)65(94)80(12)52(36-43-22-17-16-18-23-43)64(93)77(9)38-54(85)74-48(30-28-44-27-29-46(47(69)35-44)68(70,71)72)62(91)83-32-21-26-49(83)58(87)73-41(5)60(89)82(14)57(45-24-19-20-25-45)67(96)81(13)53(63(92)76(7)8)37-55(86)79(11)51(34-39(2)3)59(88)75-56/h39-53,56-57H,15-38H2,1-14H3,(H,73,87)(H,74,85)(H,75,88)/t40-,41-,42-,44?,46?,47?,48-,49-,50-,51-,52-,53-,56-,57-/m0/s1. The molecule has 6 rings (SSSR count). The monoisotopic (exact) mass is 1380 g/mol. The molecule has 0 aromatic carbocycles. The molecule has 6 aliphatic rings. The molecule has 12 amide bonds. The van der Waals surface area contributed by atoms with Gasteiger partial charge in [-0.25, -0.2) is 0 Å². The molecule has 3 aliphatic carbocycles. The van der Waals surface area contributed by atoms with Crippen LogP contribution in [0.25, 0.3) is 0 Å². The van der Waals surface area contributed by atoms with Crippen LogP contribution in [0.4, 0.5) is 13.2 Å². The van der Waals surface area contributed by atoms with Gasteiger partial charge in [-0.05, 0) is 120 Å². The second-order valence-electron chi connectivity index (χ2n) is 29.2. The van der Waals surface area contributed by atoms with E-state index in [1.807, 2.05) is 20.8 Å². The molecule has 0 bridgehead atoms. The highest BCUT2D eigenvalue weighted by Gasteiger charge is 2.50. The Labute approximate surface area is 570 Å². The van der Waals surface area contributed by atoms with Crippen LogP contribution in [-0.2, 0) is 57.5 Å². The van der Waals surface area contributed by atoms with Crippen LogP contribution in [0.1, 0.15) is 176 Å². The number of nitrogens with one attached hydrogen (secondary N) is 3. The number of carbonyl (C=O) groups is 12. The van der Waals surface area contributed by atoms with E-state index in [-0.39, 0.29) is 88.6 Å². The summed E-state index contributed by atoms with van der Waals surface area (Å²) in [4.78, 5) is 188. The van der Waals surface area contributed by atoms with Crippen LogP contribution >= 0.6 is 11.6 Å². The molecule has 24 nitrogen and oxygen atoms in total. The zero-order chi connectivity index (χ0) is 71.5. The number of halogens is 4. The number of hydrogen-bond acceptors (Lipinski definition) is 12. The maximum Gasteiger partial charge on any atom is 0.393 e. The molecular formula is C68H110ClF3N12O12. The summed E-state index contributed by atoms with van der Waals surface area (Å²) in [6.07, 6.45) is 3.42. The minimum absolute atomic E-state index is 0.00171. The number of rotatable bonds is 11. The molecule has 28 heteroatoms. The lowest BCUT2D eigenvalue weighted by Crippen LogP contribution is -2.65. The van der Waals surface area contributed by atoms with E-state index >= 15 is 9.59 Å². The smallest absolute Gasteiger partial charge is 0.347 e.